The topological polar surface area (TPSA) is 93.0 Å². The van der Waals surface area contributed by atoms with Crippen LogP contribution in [0.15, 0.2) is 22.7 Å². The molecule has 0 aliphatic rings. The highest BCUT2D eigenvalue weighted by Gasteiger charge is 2.14. The lowest BCUT2D eigenvalue weighted by atomic mass is 10.1. The molecule has 0 saturated heterocycles. The van der Waals surface area contributed by atoms with Crippen LogP contribution in [0.25, 0.3) is 0 Å². The Morgan fingerprint density at radius 2 is 2.29 bits per heavy atom. The zero-order valence-electron chi connectivity index (χ0n) is 7.16. The molecule has 0 aromatic heterocycles. The molecule has 74 valence electrons. The lowest BCUT2D eigenvalue weighted by Gasteiger charge is -2.01. The lowest BCUT2D eigenvalue weighted by Crippen LogP contribution is -2.13. The van der Waals surface area contributed by atoms with Crippen molar-refractivity contribution in [3.05, 3.63) is 38.3 Å². The minimum atomic E-state index is -0.483. The van der Waals surface area contributed by atoms with Crippen LogP contribution in [0.2, 0.25) is 0 Å². The fourth-order valence-corrected chi connectivity index (χ4v) is 1.41. The van der Waals surface area contributed by atoms with Crippen molar-refractivity contribution in [3.8, 4) is 0 Å². The molecule has 14 heavy (non-hydrogen) atoms. The number of rotatable bonds is 3. The van der Waals surface area contributed by atoms with Crippen molar-refractivity contribution in [2.45, 2.75) is 6.42 Å². The number of amidine groups is 1. The van der Waals surface area contributed by atoms with Crippen LogP contribution < -0.4 is 5.73 Å². The standard InChI is InChI=1S/C8H8BrN3O2/c9-6-2-1-5(3-8(10)11)7(4-6)12(13)14/h1-2,4H,3H2,(H3,10,11). The first-order valence-electron chi connectivity index (χ1n) is 3.76. The van der Waals surface area contributed by atoms with Crippen LogP contribution in [0.3, 0.4) is 0 Å². The largest absolute Gasteiger partial charge is 0.387 e. The maximum absolute atomic E-state index is 10.6. The second-order valence-electron chi connectivity index (χ2n) is 2.73. The van der Waals surface area contributed by atoms with E-state index in [1.165, 1.54) is 6.07 Å². The molecule has 1 aromatic rings. The van der Waals surface area contributed by atoms with Crippen LogP contribution in [0.5, 0.6) is 0 Å². The van der Waals surface area contributed by atoms with Gasteiger partial charge in [-0.05, 0) is 6.07 Å². The van der Waals surface area contributed by atoms with Crippen LogP contribution in [-0.4, -0.2) is 10.8 Å². The molecule has 5 nitrogen and oxygen atoms in total. The Morgan fingerprint density at radius 3 is 2.79 bits per heavy atom. The van der Waals surface area contributed by atoms with Gasteiger partial charge in [0.25, 0.3) is 5.69 Å². The summed E-state index contributed by atoms with van der Waals surface area (Å²) in [6, 6.07) is 4.67. The third-order valence-electron chi connectivity index (χ3n) is 1.62. The lowest BCUT2D eigenvalue weighted by molar-refractivity contribution is -0.385. The Bertz CT molecular complexity index is 392. The Labute approximate surface area is 88.7 Å². The summed E-state index contributed by atoms with van der Waals surface area (Å²) in [5.74, 6) is -0.0876. The average molecular weight is 258 g/mol. The first-order valence-corrected chi connectivity index (χ1v) is 4.55. The zero-order chi connectivity index (χ0) is 10.7. The Balaban J connectivity index is 3.14. The summed E-state index contributed by atoms with van der Waals surface area (Å²) < 4.78 is 0.636. The average Bonchev–Trinajstić information content (AvgIpc) is 2.07. The predicted molar refractivity (Wildman–Crippen MR) is 56.4 cm³/mol. The minimum absolute atomic E-state index is 0.0189. The molecule has 0 aliphatic heterocycles. The monoisotopic (exact) mass is 257 g/mol. The minimum Gasteiger partial charge on any atom is -0.387 e. The summed E-state index contributed by atoms with van der Waals surface area (Å²) in [7, 11) is 0. The van der Waals surface area contributed by atoms with E-state index in [4.69, 9.17) is 11.1 Å². The number of nitrogens with one attached hydrogen (secondary N) is 1. The van der Waals surface area contributed by atoms with E-state index >= 15 is 0 Å². The highest BCUT2D eigenvalue weighted by Crippen LogP contribution is 2.23. The Kier molecular flexibility index (Phi) is 3.19. The third kappa shape index (κ3) is 2.53. The summed E-state index contributed by atoms with van der Waals surface area (Å²) in [5, 5.41) is 17.7. The van der Waals surface area contributed by atoms with Crippen molar-refractivity contribution < 1.29 is 4.92 Å². The van der Waals surface area contributed by atoms with E-state index < -0.39 is 4.92 Å². The molecular weight excluding hydrogens is 250 g/mol. The van der Waals surface area contributed by atoms with Gasteiger partial charge in [-0.2, -0.15) is 0 Å². The molecule has 0 unspecified atom stereocenters. The van der Waals surface area contributed by atoms with Gasteiger partial charge in [-0.15, -0.1) is 0 Å². The molecule has 0 saturated carbocycles. The number of hydrogen-bond donors (Lipinski definition) is 2. The van der Waals surface area contributed by atoms with Gasteiger partial charge < -0.3 is 5.73 Å². The van der Waals surface area contributed by atoms with Crippen LogP contribution in [0.1, 0.15) is 5.56 Å². The molecule has 0 amide bonds. The van der Waals surface area contributed by atoms with E-state index in [0.29, 0.717) is 10.0 Å². The molecule has 0 heterocycles. The third-order valence-corrected chi connectivity index (χ3v) is 2.12. The second-order valence-corrected chi connectivity index (χ2v) is 3.65. The molecule has 3 N–H and O–H groups in total. The summed E-state index contributed by atoms with van der Waals surface area (Å²) >= 11 is 3.14. The number of nitro benzene ring substituents is 1. The summed E-state index contributed by atoms with van der Waals surface area (Å²) in [6.45, 7) is 0. The van der Waals surface area contributed by atoms with Gasteiger partial charge in [0.1, 0.15) is 0 Å². The maximum atomic E-state index is 10.6. The van der Waals surface area contributed by atoms with E-state index in [1.54, 1.807) is 12.1 Å². The van der Waals surface area contributed by atoms with Crippen molar-refractivity contribution in [1.82, 2.24) is 0 Å². The maximum Gasteiger partial charge on any atom is 0.274 e. The van der Waals surface area contributed by atoms with Gasteiger partial charge in [0.15, 0.2) is 0 Å². The number of hydrogen-bond acceptors (Lipinski definition) is 3. The van der Waals surface area contributed by atoms with Gasteiger partial charge in [-0.1, -0.05) is 22.0 Å². The number of nitrogens with zero attached hydrogens (tertiary/aromatic N) is 1. The van der Waals surface area contributed by atoms with Crippen LogP contribution in [0.4, 0.5) is 5.69 Å². The quantitative estimate of drug-likeness (QED) is 0.375. The number of benzene rings is 1. The van der Waals surface area contributed by atoms with Crippen molar-refractivity contribution in [2.24, 2.45) is 5.73 Å². The van der Waals surface area contributed by atoms with Crippen LogP contribution >= 0.6 is 15.9 Å². The van der Waals surface area contributed by atoms with Gasteiger partial charge in [0.05, 0.1) is 10.8 Å². The Hall–Kier alpha value is -1.43. The fraction of sp³-hybridized carbons (Fsp3) is 0.125. The molecule has 0 bridgehead atoms. The van der Waals surface area contributed by atoms with E-state index in [1.807, 2.05) is 0 Å². The molecule has 0 atom stereocenters. The van der Waals surface area contributed by atoms with E-state index in [2.05, 4.69) is 15.9 Å². The number of halogens is 1. The Morgan fingerprint density at radius 1 is 1.64 bits per heavy atom. The highest BCUT2D eigenvalue weighted by molar-refractivity contribution is 9.10. The first kappa shape index (κ1) is 10.6. The van der Waals surface area contributed by atoms with Crippen molar-refractivity contribution in [3.63, 3.8) is 0 Å². The molecular formula is C8H8BrN3O2. The van der Waals surface area contributed by atoms with E-state index in [9.17, 15) is 10.1 Å². The van der Waals surface area contributed by atoms with Crippen molar-refractivity contribution >= 4 is 27.5 Å². The molecule has 1 rings (SSSR count). The van der Waals surface area contributed by atoms with Gasteiger partial charge in [-0.3, -0.25) is 15.5 Å². The van der Waals surface area contributed by atoms with Gasteiger partial charge in [0, 0.05) is 22.5 Å². The normalized spacial score (nSPS) is 9.79. The fourth-order valence-electron chi connectivity index (χ4n) is 1.06. The highest BCUT2D eigenvalue weighted by atomic mass is 79.9. The smallest absolute Gasteiger partial charge is 0.274 e. The number of nitro groups is 1. The zero-order valence-corrected chi connectivity index (χ0v) is 8.74. The summed E-state index contributed by atoms with van der Waals surface area (Å²) in [5.41, 5.74) is 5.61. The van der Waals surface area contributed by atoms with Crippen molar-refractivity contribution in [1.29, 1.82) is 5.41 Å². The first-order chi connectivity index (χ1) is 6.50. The molecule has 1 aromatic carbocycles. The summed E-state index contributed by atoms with van der Waals surface area (Å²) in [4.78, 5) is 10.1. The molecule has 0 radical (unpaired) electrons. The summed E-state index contributed by atoms with van der Waals surface area (Å²) in [6.07, 6.45) is 0.101. The SMILES string of the molecule is N=C(N)Cc1ccc(Br)cc1[N+](=O)[O-]. The van der Waals surface area contributed by atoms with Gasteiger partial charge in [-0.25, -0.2) is 0 Å². The second kappa shape index (κ2) is 4.19. The molecule has 6 heteroatoms. The molecule has 0 fully saturated rings. The number of nitrogens with two attached hydrogens (primary N) is 1. The van der Waals surface area contributed by atoms with Crippen LogP contribution in [-0.2, 0) is 6.42 Å². The van der Waals surface area contributed by atoms with E-state index in [0.717, 1.165) is 0 Å². The molecule has 0 spiro atoms. The van der Waals surface area contributed by atoms with Gasteiger partial charge in [0.2, 0.25) is 0 Å². The van der Waals surface area contributed by atoms with E-state index in [-0.39, 0.29) is 17.9 Å². The van der Waals surface area contributed by atoms with Crippen LogP contribution in [0, 0.1) is 15.5 Å². The van der Waals surface area contributed by atoms with Crippen molar-refractivity contribution in [2.75, 3.05) is 0 Å². The van der Waals surface area contributed by atoms with Gasteiger partial charge >= 0.3 is 0 Å². The predicted octanol–water partition coefficient (Wildman–Crippen LogP) is 1.84. The molecule has 0 aliphatic carbocycles.